The van der Waals surface area contributed by atoms with Gasteiger partial charge in [-0.1, -0.05) is 30.3 Å². The standard InChI is InChI=1S/C16H12BrIN6S/c17-12-9-21-24-14(20-10-15-19-6-7-23(15)25-18)8-13(22-16(12)24)11-4-2-1-3-5-11/h1-9,20H,10H2. The number of halogens is 2. The van der Waals surface area contributed by atoms with Gasteiger partial charge >= 0.3 is 0 Å². The van der Waals surface area contributed by atoms with Crippen molar-refractivity contribution in [3.63, 3.8) is 0 Å². The minimum Gasteiger partial charge on any atom is -0.363 e. The van der Waals surface area contributed by atoms with Crippen molar-refractivity contribution < 1.29 is 0 Å². The maximum atomic E-state index is 4.73. The molecule has 1 aromatic carbocycles. The maximum Gasteiger partial charge on any atom is 0.172 e. The summed E-state index contributed by atoms with van der Waals surface area (Å²) in [5.41, 5.74) is 2.73. The molecule has 0 spiro atoms. The molecule has 4 rings (SSSR count). The zero-order valence-electron chi connectivity index (χ0n) is 12.8. The molecule has 0 aliphatic rings. The molecule has 0 saturated carbocycles. The molecule has 4 aromatic rings. The maximum absolute atomic E-state index is 4.73. The van der Waals surface area contributed by atoms with Crippen molar-refractivity contribution in [3.8, 4) is 11.3 Å². The zero-order valence-corrected chi connectivity index (χ0v) is 17.4. The second-order valence-corrected chi connectivity index (χ2v) is 7.78. The summed E-state index contributed by atoms with van der Waals surface area (Å²) in [6.07, 6.45) is 5.49. The molecular formula is C16H12BrIN6S. The van der Waals surface area contributed by atoms with Gasteiger partial charge in [0.05, 0.1) is 22.9 Å². The van der Waals surface area contributed by atoms with Gasteiger partial charge in [0.25, 0.3) is 0 Å². The number of rotatable bonds is 5. The van der Waals surface area contributed by atoms with Gasteiger partial charge in [0.15, 0.2) is 5.65 Å². The van der Waals surface area contributed by atoms with Gasteiger partial charge in [-0.3, -0.25) is 3.97 Å². The number of anilines is 1. The minimum atomic E-state index is 0.591. The molecule has 0 saturated heterocycles. The number of hydrogen-bond donors (Lipinski definition) is 1. The smallest absolute Gasteiger partial charge is 0.172 e. The quantitative estimate of drug-likeness (QED) is 0.378. The molecule has 9 heteroatoms. The van der Waals surface area contributed by atoms with Gasteiger partial charge in [0, 0.05) is 54.3 Å². The van der Waals surface area contributed by atoms with Crippen LogP contribution in [0.2, 0.25) is 0 Å². The first kappa shape index (κ1) is 16.9. The molecule has 0 atom stereocenters. The fraction of sp³-hybridized carbons (Fsp3) is 0.0625. The predicted molar refractivity (Wildman–Crippen MR) is 113 cm³/mol. The highest BCUT2D eigenvalue weighted by molar-refractivity contribution is 14.2. The van der Waals surface area contributed by atoms with E-state index in [-0.39, 0.29) is 0 Å². The topological polar surface area (TPSA) is 60.0 Å². The van der Waals surface area contributed by atoms with Crippen LogP contribution in [0.15, 0.2) is 59.5 Å². The Morgan fingerprint density at radius 1 is 1.24 bits per heavy atom. The van der Waals surface area contributed by atoms with E-state index in [2.05, 4.69) is 52.5 Å². The van der Waals surface area contributed by atoms with E-state index < -0.39 is 0 Å². The molecule has 0 unspecified atom stereocenters. The van der Waals surface area contributed by atoms with Crippen LogP contribution in [-0.2, 0) is 6.54 Å². The lowest BCUT2D eigenvalue weighted by Gasteiger charge is -2.11. The van der Waals surface area contributed by atoms with Gasteiger partial charge in [-0.15, -0.1) is 0 Å². The van der Waals surface area contributed by atoms with Crippen molar-refractivity contribution in [2.24, 2.45) is 0 Å². The molecule has 0 aliphatic heterocycles. The Labute approximate surface area is 168 Å². The average molecular weight is 527 g/mol. The zero-order chi connectivity index (χ0) is 17.2. The third kappa shape index (κ3) is 3.40. The van der Waals surface area contributed by atoms with Crippen LogP contribution < -0.4 is 5.32 Å². The van der Waals surface area contributed by atoms with Crippen LogP contribution in [0.1, 0.15) is 5.82 Å². The first-order chi connectivity index (χ1) is 12.3. The average Bonchev–Trinajstić information content (AvgIpc) is 3.27. The fourth-order valence-electron chi connectivity index (χ4n) is 2.50. The minimum absolute atomic E-state index is 0.591. The number of fused-ring (bicyclic) bond motifs is 1. The predicted octanol–water partition coefficient (Wildman–Crippen LogP) is 4.81. The number of aromatic nitrogens is 5. The van der Waals surface area contributed by atoms with Crippen LogP contribution in [-0.4, -0.2) is 23.6 Å². The summed E-state index contributed by atoms with van der Waals surface area (Å²) >= 11 is 5.76. The summed E-state index contributed by atoms with van der Waals surface area (Å²) in [4.78, 5) is 9.12. The largest absolute Gasteiger partial charge is 0.363 e. The van der Waals surface area contributed by atoms with Crippen molar-refractivity contribution in [2.45, 2.75) is 6.54 Å². The first-order valence-electron chi connectivity index (χ1n) is 7.41. The van der Waals surface area contributed by atoms with Crippen LogP contribution in [0.5, 0.6) is 0 Å². The monoisotopic (exact) mass is 526 g/mol. The summed E-state index contributed by atoms with van der Waals surface area (Å²) in [6, 6.07) is 12.1. The van der Waals surface area contributed by atoms with E-state index in [9.17, 15) is 0 Å². The van der Waals surface area contributed by atoms with Gasteiger partial charge in [0.2, 0.25) is 0 Å². The van der Waals surface area contributed by atoms with Gasteiger partial charge in [-0.05, 0) is 15.9 Å². The van der Waals surface area contributed by atoms with E-state index in [0.29, 0.717) is 6.54 Å². The van der Waals surface area contributed by atoms with Crippen LogP contribution in [0.3, 0.4) is 0 Å². The Hall–Kier alpha value is -1.59. The Morgan fingerprint density at radius 2 is 2.08 bits per heavy atom. The number of imidazole rings is 1. The van der Waals surface area contributed by atoms with Gasteiger partial charge in [-0.2, -0.15) is 9.61 Å². The highest BCUT2D eigenvalue weighted by Crippen LogP contribution is 2.26. The third-order valence-electron chi connectivity index (χ3n) is 3.68. The van der Waals surface area contributed by atoms with Crippen molar-refractivity contribution in [2.75, 3.05) is 5.32 Å². The molecule has 1 N–H and O–H groups in total. The van der Waals surface area contributed by atoms with Crippen LogP contribution >= 0.6 is 46.3 Å². The lowest BCUT2D eigenvalue weighted by Crippen LogP contribution is -2.09. The van der Waals surface area contributed by atoms with Crippen molar-refractivity contribution >= 4 is 57.7 Å². The van der Waals surface area contributed by atoms with Crippen molar-refractivity contribution in [3.05, 3.63) is 65.3 Å². The lowest BCUT2D eigenvalue weighted by molar-refractivity contribution is 0.902. The Balaban J connectivity index is 1.74. The number of nitrogens with one attached hydrogen (secondary N) is 1. The fourth-order valence-corrected chi connectivity index (χ4v) is 4.21. The van der Waals surface area contributed by atoms with Crippen LogP contribution in [0.25, 0.3) is 16.9 Å². The van der Waals surface area contributed by atoms with Crippen LogP contribution in [0.4, 0.5) is 5.82 Å². The van der Waals surface area contributed by atoms with E-state index in [1.165, 1.54) is 0 Å². The second-order valence-electron chi connectivity index (χ2n) is 5.21. The van der Waals surface area contributed by atoms with Gasteiger partial charge in [-0.25, -0.2) is 9.97 Å². The van der Waals surface area contributed by atoms with Crippen molar-refractivity contribution in [1.29, 1.82) is 0 Å². The Morgan fingerprint density at radius 3 is 2.88 bits per heavy atom. The van der Waals surface area contributed by atoms with E-state index in [1.54, 1.807) is 26.0 Å². The number of hydrogen-bond acceptors (Lipinski definition) is 5. The molecule has 0 aliphatic carbocycles. The summed E-state index contributed by atoms with van der Waals surface area (Å²) in [6.45, 7) is 0.591. The lowest BCUT2D eigenvalue weighted by atomic mass is 10.1. The molecule has 126 valence electrons. The summed E-state index contributed by atoms with van der Waals surface area (Å²) in [7, 11) is 1.59. The third-order valence-corrected chi connectivity index (χ3v) is 5.99. The van der Waals surface area contributed by atoms with Gasteiger partial charge in [0.1, 0.15) is 11.6 Å². The normalized spacial score (nSPS) is 11.1. The Bertz CT molecular complexity index is 1020. The van der Waals surface area contributed by atoms with E-state index in [1.807, 2.05) is 46.6 Å². The summed E-state index contributed by atoms with van der Waals surface area (Å²) in [5.74, 6) is 1.81. The Kier molecular flexibility index (Phi) is 4.95. The van der Waals surface area contributed by atoms with E-state index in [0.717, 1.165) is 33.0 Å². The second kappa shape index (κ2) is 7.34. The van der Waals surface area contributed by atoms with E-state index >= 15 is 0 Å². The molecule has 0 fully saturated rings. The molecule has 3 aromatic heterocycles. The number of benzene rings is 1. The molecule has 25 heavy (non-hydrogen) atoms. The summed E-state index contributed by atoms with van der Waals surface area (Å²) in [5, 5.41) is 7.83. The molecule has 0 amide bonds. The van der Waals surface area contributed by atoms with E-state index in [4.69, 9.17) is 4.98 Å². The molecule has 3 heterocycles. The summed E-state index contributed by atoms with van der Waals surface area (Å²) < 4.78 is 4.67. The van der Waals surface area contributed by atoms with Crippen LogP contribution in [0, 0.1) is 0 Å². The number of nitrogens with zero attached hydrogens (tertiary/aromatic N) is 5. The first-order valence-corrected chi connectivity index (χ1v) is 11.5. The molecular weight excluding hydrogens is 515 g/mol. The highest BCUT2D eigenvalue weighted by Gasteiger charge is 2.12. The molecule has 6 nitrogen and oxygen atoms in total. The van der Waals surface area contributed by atoms with Gasteiger partial charge < -0.3 is 5.32 Å². The molecule has 0 bridgehead atoms. The SMILES string of the molecule is Brc1cnn2c(NCc3nccn3SI)cc(-c3ccccc3)nc12. The highest BCUT2D eigenvalue weighted by atomic mass is 127. The molecule has 0 radical (unpaired) electrons. The van der Waals surface area contributed by atoms with Crippen molar-refractivity contribution in [1.82, 2.24) is 23.6 Å².